The molecule has 11 nitrogen and oxygen atoms in total. The molecule has 0 radical (unpaired) electrons. The number of aliphatic hydroxyl groups excluding tert-OH is 1. The molecule has 0 saturated heterocycles. The van der Waals surface area contributed by atoms with Crippen LogP contribution in [-0.2, 0) is 42.2 Å². The van der Waals surface area contributed by atoms with Crippen molar-refractivity contribution in [1.82, 2.24) is 0 Å². The Morgan fingerprint density at radius 1 is 0.378 bits per heavy atom. The summed E-state index contributed by atoms with van der Waals surface area (Å²) in [6.45, 7) is 4.62. The maximum Gasteiger partial charge on any atom is 0.472 e. The normalized spacial score (nSPS) is 13.6. The van der Waals surface area contributed by atoms with E-state index in [2.05, 4.69) is 69.4 Å². The summed E-state index contributed by atoms with van der Waals surface area (Å²) in [6.07, 6.45) is 60.6. The number of phosphoric acid groups is 1. The molecule has 0 rings (SSSR count). The van der Waals surface area contributed by atoms with Crippen LogP contribution in [0.1, 0.15) is 290 Å². The number of phosphoric ester groups is 1. The Bertz CT molecular complexity index is 1430. The van der Waals surface area contributed by atoms with Gasteiger partial charge in [-0.1, -0.05) is 217 Å². The number of rotatable bonds is 57. The first kappa shape index (κ1) is 71.4. The fraction of sp³-hybridized carbons (Fsp3) is 0.823. The van der Waals surface area contributed by atoms with Gasteiger partial charge < -0.3 is 24.2 Å². The molecule has 0 aliphatic rings. The van der Waals surface area contributed by atoms with Crippen LogP contribution in [-0.4, -0.2) is 66.5 Å². The van der Waals surface area contributed by atoms with E-state index in [9.17, 15) is 28.9 Å². The van der Waals surface area contributed by atoms with Gasteiger partial charge in [0.25, 0.3) is 0 Å². The highest BCUT2D eigenvalue weighted by molar-refractivity contribution is 7.47. The minimum atomic E-state index is -4.75. The van der Waals surface area contributed by atoms with E-state index in [-0.39, 0.29) is 25.9 Å². The first-order valence-corrected chi connectivity index (χ1v) is 32.0. The quantitative estimate of drug-likeness (QED) is 0.0197. The van der Waals surface area contributed by atoms with Crippen LogP contribution in [0.2, 0.25) is 0 Å². The van der Waals surface area contributed by atoms with Crippen LogP contribution in [0.5, 0.6) is 0 Å². The van der Waals surface area contributed by atoms with Gasteiger partial charge in [0, 0.05) is 19.3 Å². The number of unbranched alkanes of at least 4 members (excludes halogenated alkanes) is 32. The molecular weight excluding hydrogens is 952 g/mol. The zero-order valence-corrected chi connectivity index (χ0v) is 48.7. The topological polar surface area (TPSA) is 155 Å². The molecule has 0 aromatic heterocycles. The number of aliphatic hydroxyl groups is 1. The Morgan fingerprint density at radius 3 is 1.04 bits per heavy atom. The molecular formula is C62H113O11P. The molecule has 3 atom stereocenters. The van der Waals surface area contributed by atoms with Gasteiger partial charge in [0.05, 0.1) is 19.8 Å². The van der Waals surface area contributed by atoms with E-state index in [1.54, 1.807) is 0 Å². The molecule has 432 valence electrons. The molecule has 0 aliphatic heterocycles. The summed E-state index contributed by atoms with van der Waals surface area (Å²) in [5.41, 5.74) is 0. The van der Waals surface area contributed by atoms with Crippen LogP contribution in [0.3, 0.4) is 0 Å². The van der Waals surface area contributed by atoms with Crippen molar-refractivity contribution >= 4 is 25.7 Å². The van der Waals surface area contributed by atoms with Crippen LogP contribution >= 0.6 is 7.82 Å². The smallest absolute Gasteiger partial charge is 0.462 e. The van der Waals surface area contributed by atoms with Crippen molar-refractivity contribution in [2.24, 2.45) is 0 Å². The minimum Gasteiger partial charge on any atom is -0.462 e. The zero-order chi connectivity index (χ0) is 54.1. The molecule has 2 N–H and O–H groups in total. The van der Waals surface area contributed by atoms with E-state index in [1.165, 1.54) is 122 Å². The summed E-state index contributed by atoms with van der Waals surface area (Å²) < 4.78 is 39.6. The van der Waals surface area contributed by atoms with Gasteiger partial charge >= 0.3 is 25.7 Å². The molecule has 0 spiro atoms. The molecule has 0 aromatic rings. The van der Waals surface area contributed by atoms with Gasteiger partial charge in [0.1, 0.15) is 12.7 Å². The van der Waals surface area contributed by atoms with E-state index >= 15 is 0 Å². The molecule has 0 bridgehead atoms. The monoisotopic (exact) mass is 1060 g/mol. The average Bonchev–Trinajstić information content (AvgIpc) is 3.39. The number of carbonyl (C=O) groups excluding carboxylic acids is 3. The van der Waals surface area contributed by atoms with Crippen molar-refractivity contribution in [2.75, 3.05) is 26.4 Å². The van der Waals surface area contributed by atoms with Gasteiger partial charge in [-0.15, -0.1) is 0 Å². The second-order valence-corrected chi connectivity index (χ2v) is 22.0. The van der Waals surface area contributed by atoms with Gasteiger partial charge in [-0.2, -0.15) is 0 Å². The Morgan fingerprint density at radius 2 is 0.662 bits per heavy atom. The predicted molar refractivity (Wildman–Crippen MR) is 307 cm³/mol. The van der Waals surface area contributed by atoms with Crippen molar-refractivity contribution in [3.05, 3.63) is 48.6 Å². The molecule has 12 heteroatoms. The second-order valence-electron chi connectivity index (χ2n) is 20.5. The molecule has 0 heterocycles. The second kappa shape index (κ2) is 56.6. The fourth-order valence-corrected chi connectivity index (χ4v) is 9.28. The summed E-state index contributed by atoms with van der Waals surface area (Å²) >= 11 is 0. The van der Waals surface area contributed by atoms with Crippen molar-refractivity contribution in [3.8, 4) is 0 Å². The van der Waals surface area contributed by atoms with Gasteiger partial charge in [0.15, 0.2) is 6.10 Å². The van der Waals surface area contributed by atoms with E-state index in [0.717, 1.165) is 109 Å². The fourth-order valence-electron chi connectivity index (χ4n) is 8.49. The van der Waals surface area contributed by atoms with E-state index in [0.29, 0.717) is 19.3 Å². The van der Waals surface area contributed by atoms with Crippen LogP contribution in [0.4, 0.5) is 0 Å². The maximum atomic E-state index is 12.9. The lowest BCUT2D eigenvalue weighted by Crippen LogP contribution is -2.30. The van der Waals surface area contributed by atoms with Gasteiger partial charge in [0.2, 0.25) is 0 Å². The third-order valence-corrected chi connectivity index (χ3v) is 14.1. The molecule has 3 unspecified atom stereocenters. The standard InChI is InChI=1S/C62H113O11P/c1-4-7-10-13-16-19-22-25-28-29-32-33-36-39-42-45-48-51-60(64)69-55-59(73-62(66)53-50-47-44-41-38-35-31-27-24-21-18-15-12-9-6-3)57-71-74(67,68)70-56-58(54-63)72-61(65)52-49-46-43-40-37-34-30-26-23-20-17-14-11-8-5-2/h18,21,25-28,30-31,58-59,63H,4-17,19-20,22-24,29,32-57H2,1-3H3,(H,67,68)/b21-18-,28-25-,30-26-,31-27-. The maximum absolute atomic E-state index is 12.9. The SMILES string of the molecule is CCCCC/C=C\C/C=C\CCCCCCCC(=O)OC(COC(=O)CCCCCCCCC/C=C\CCCCCCCC)COP(=O)(O)OCC(CO)OC(=O)CCCCCCC/C=C\CCCCCCCC. The third-order valence-electron chi connectivity index (χ3n) is 13.2. The largest absolute Gasteiger partial charge is 0.472 e. The summed E-state index contributed by atoms with van der Waals surface area (Å²) in [5, 5.41) is 9.82. The van der Waals surface area contributed by atoms with E-state index in [4.69, 9.17) is 23.3 Å². The van der Waals surface area contributed by atoms with Gasteiger partial charge in [-0.3, -0.25) is 23.4 Å². The number of allylic oxidation sites excluding steroid dienone is 8. The highest BCUT2D eigenvalue weighted by atomic mass is 31.2. The highest BCUT2D eigenvalue weighted by Crippen LogP contribution is 2.43. The Balaban J connectivity index is 4.72. The Labute approximate surface area is 453 Å². The van der Waals surface area contributed by atoms with Crippen LogP contribution < -0.4 is 0 Å². The number of carbonyl (C=O) groups is 3. The number of esters is 3. The first-order chi connectivity index (χ1) is 36.2. The van der Waals surface area contributed by atoms with Gasteiger partial charge in [-0.25, -0.2) is 4.57 Å². The lowest BCUT2D eigenvalue weighted by Gasteiger charge is -2.21. The van der Waals surface area contributed by atoms with Crippen molar-refractivity contribution < 1.29 is 52.2 Å². The zero-order valence-electron chi connectivity index (χ0n) is 47.8. The summed E-state index contributed by atoms with van der Waals surface area (Å²) in [5.74, 6) is -1.48. The lowest BCUT2D eigenvalue weighted by atomic mass is 10.1. The van der Waals surface area contributed by atoms with Crippen molar-refractivity contribution in [3.63, 3.8) is 0 Å². The summed E-state index contributed by atoms with van der Waals surface area (Å²) in [4.78, 5) is 48.6. The molecule has 0 aromatic carbocycles. The van der Waals surface area contributed by atoms with Crippen LogP contribution in [0.25, 0.3) is 0 Å². The van der Waals surface area contributed by atoms with Crippen LogP contribution in [0.15, 0.2) is 48.6 Å². The van der Waals surface area contributed by atoms with Gasteiger partial charge in [-0.05, 0) is 103 Å². The van der Waals surface area contributed by atoms with E-state index < -0.39 is 57.8 Å². The van der Waals surface area contributed by atoms with Crippen molar-refractivity contribution in [2.45, 2.75) is 303 Å². The summed E-state index contributed by atoms with van der Waals surface area (Å²) in [6, 6.07) is 0. The number of ether oxygens (including phenoxy) is 3. The number of hydrogen-bond donors (Lipinski definition) is 2. The average molecular weight is 1070 g/mol. The molecule has 0 aliphatic carbocycles. The number of hydrogen-bond acceptors (Lipinski definition) is 10. The van der Waals surface area contributed by atoms with E-state index in [1.807, 2.05) is 0 Å². The molecule has 0 fully saturated rings. The molecule has 0 saturated carbocycles. The van der Waals surface area contributed by atoms with Crippen LogP contribution in [0, 0.1) is 0 Å². The first-order valence-electron chi connectivity index (χ1n) is 30.5. The lowest BCUT2D eigenvalue weighted by molar-refractivity contribution is -0.161. The third kappa shape index (κ3) is 54.2. The molecule has 74 heavy (non-hydrogen) atoms. The van der Waals surface area contributed by atoms with Crippen molar-refractivity contribution in [1.29, 1.82) is 0 Å². The predicted octanol–water partition coefficient (Wildman–Crippen LogP) is 18.1. The Hall–Kier alpha value is -2.56. The Kier molecular flexibility index (Phi) is 54.7. The minimum absolute atomic E-state index is 0.152. The summed E-state index contributed by atoms with van der Waals surface area (Å²) in [7, 11) is -4.75. The molecule has 0 amide bonds. The highest BCUT2D eigenvalue weighted by Gasteiger charge is 2.28.